The molecule has 1 aliphatic heterocycles. The monoisotopic (exact) mass is 189 g/mol. The Morgan fingerprint density at radius 3 is 3.14 bits per heavy atom. The molecule has 1 spiro atoms. The number of allylic oxidation sites excluding steroid dienone is 4. The minimum Gasteiger partial charge on any atom is -0.315 e. The molecule has 1 amide bonds. The molecule has 2 unspecified atom stereocenters. The Morgan fingerprint density at radius 2 is 2.43 bits per heavy atom. The van der Waals surface area contributed by atoms with Crippen LogP contribution in [0.2, 0.25) is 0 Å². The van der Waals surface area contributed by atoms with E-state index in [1.54, 1.807) is 24.0 Å². The fraction of sp³-hybridized carbons (Fsp3) is 0.455. The fourth-order valence-corrected chi connectivity index (χ4v) is 2.76. The summed E-state index contributed by atoms with van der Waals surface area (Å²) in [5.74, 6) is 0.616. The van der Waals surface area contributed by atoms with Crippen LogP contribution in [-0.4, -0.2) is 23.1 Å². The van der Waals surface area contributed by atoms with E-state index in [9.17, 15) is 9.59 Å². The zero-order valence-electron chi connectivity index (χ0n) is 7.99. The van der Waals surface area contributed by atoms with Crippen LogP contribution in [0.15, 0.2) is 23.9 Å². The molecule has 0 aromatic heterocycles. The molecule has 0 radical (unpaired) electrons. The van der Waals surface area contributed by atoms with Crippen LogP contribution in [-0.2, 0) is 9.59 Å². The van der Waals surface area contributed by atoms with Gasteiger partial charge in [0.05, 0.1) is 5.41 Å². The number of nitrogens with zero attached hydrogens (tertiary/aromatic N) is 1. The summed E-state index contributed by atoms with van der Waals surface area (Å²) >= 11 is 0. The van der Waals surface area contributed by atoms with Gasteiger partial charge in [-0.05, 0) is 24.5 Å². The molecule has 0 N–H and O–H groups in total. The van der Waals surface area contributed by atoms with E-state index in [4.69, 9.17) is 0 Å². The van der Waals surface area contributed by atoms with Gasteiger partial charge in [-0.25, -0.2) is 0 Å². The van der Waals surface area contributed by atoms with Crippen molar-refractivity contribution >= 4 is 11.7 Å². The first-order valence-corrected chi connectivity index (χ1v) is 4.87. The van der Waals surface area contributed by atoms with Gasteiger partial charge in [0.25, 0.3) is 0 Å². The molecule has 14 heavy (non-hydrogen) atoms. The van der Waals surface area contributed by atoms with E-state index in [1.165, 1.54) is 0 Å². The highest BCUT2D eigenvalue weighted by atomic mass is 16.2. The van der Waals surface area contributed by atoms with E-state index >= 15 is 0 Å². The smallest absolute Gasteiger partial charge is 0.223 e. The molecule has 1 saturated carbocycles. The third kappa shape index (κ3) is 0.694. The molecule has 0 aromatic carbocycles. The molecule has 1 heterocycles. The van der Waals surface area contributed by atoms with Gasteiger partial charge in [-0.2, -0.15) is 0 Å². The number of piperidine rings is 1. The first kappa shape index (κ1) is 7.97. The highest BCUT2D eigenvalue weighted by Crippen LogP contribution is 2.65. The Balaban J connectivity index is 2.08. The van der Waals surface area contributed by atoms with Crippen molar-refractivity contribution in [2.75, 3.05) is 6.54 Å². The van der Waals surface area contributed by atoms with Gasteiger partial charge in [0.2, 0.25) is 5.91 Å². The van der Waals surface area contributed by atoms with Crippen molar-refractivity contribution in [3.05, 3.63) is 23.9 Å². The van der Waals surface area contributed by atoms with Crippen LogP contribution in [0.25, 0.3) is 0 Å². The highest BCUT2D eigenvalue weighted by molar-refractivity contribution is 6.03. The Bertz CT molecular complexity index is 408. The predicted molar refractivity (Wildman–Crippen MR) is 50.2 cm³/mol. The molecule has 1 saturated heterocycles. The van der Waals surface area contributed by atoms with Crippen LogP contribution in [0.1, 0.15) is 13.3 Å². The summed E-state index contributed by atoms with van der Waals surface area (Å²) in [5.41, 5.74) is 0.642. The van der Waals surface area contributed by atoms with Gasteiger partial charge in [0.15, 0.2) is 5.78 Å². The second-order valence-electron chi connectivity index (χ2n) is 4.28. The minimum absolute atomic E-state index is 0.0472. The van der Waals surface area contributed by atoms with Crippen molar-refractivity contribution in [3.63, 3.8) is 0 Å². The molecule has 2 atom stereocenters. The third-order valence-corrected chi connectivity index (χ3v) is 3.58. The maximum atomic E-state index is 11.7. The number of hydrogen-bond donors (Lipinski definition) is 0. The fourth-order valence-electron chi connectivity index (χ4n) is 2.76. The number of likely N-dealkylation sites (tertiary alicyclic amines) is 1. The van der Waals surface area contributed by atoms with E-state index < -0.39 is 0 Å². The Morgan fingerprint density at radius 1 is 1.64 bits per heavy atom. The van der Waals surface area contributed by atoms with Crippen molar-refractivity contribution in [2.24, 2.45) is 11.3 Å². The van der Waals surface area contributed by atoms with Gasteiger partial charge in [-0.1, -0.05) is 6.08 Å². The molecule has 0 bridgehead atoms. The Kier molecular flexibility index (Phi) is 1.23. The number of carbonyl (C=O) groups excluding carboxylic acids is 2. The highest BCUT2D eigenvalue weighted by Gasteiger charge is 2.68. The van der Waals surface area contributed by atoms with E-state index in [2.05, 4.69) is 0 Å². The second-order valence-corrected chi connectivity index (χ2v) is 4.28. The first-order valence-electron chi connectivity index (χ1n) is 4.87. The molecule has 72 valence electrons. The Labute approximate surface area is 82.1 Å². The number of hydrogen-bond acceptors (Lipinski definition) is 2. The van der Waals surface area contributed by atoms with Gasteiger partial charge in [-0.15, -0.1) is 0 Å². The average molecular weight is 189 g/mol. The molecular formula is C11H11NO2. The van der Waals surface area contributed by atoms with Crippen LogP contribution >= 0.6 is 0 Å². The van der Waals surface area contributed by atoms with Crippen LogP contribution in [0, 0.1) is 11.3 Å². The number of amides is 1. The summed E-state index contributed by atoms with van der Waals surface area (Å²) < 4.78 is 0. The summed E-state index contributed by atoms with van der Waals surface area (Å²) in [4.78, 5) is 24.8. The lowest BCUT2D eigenvalue weighted by molar-refractivity contribution is -0.127. The largest absolute Gasteiger partial charge is 0.315 e. The second kappa shape index (κ2) is 2.16. The molecule has 3 rings (SSSR count). The summed E-state index contributed by atoms with van der Waals surface area (Å²) in [7, 11) is 0. The summed E-state index contributed by atoms with van der Waals surface area (Å²) in [5, 5.41) is 0. The van der Waals surface area contributed by atoms with Gasteiger partial charge in [0.1, 0.15) is 0 Å². The van der Waals surface area contributed by atoms with E-state index in [1.807, 2.05) is 6.08 Å². The quantitative estimate of drug-likeness (QED) is 0.567. The van der Waals surface area contributed by atoms with Gasteiger partial charge >= 0.3 is 0 Å². The van der Waals surface area contributed by atoms with Gasteiger partial charge < -0.3 is 4.90 Å². The maximum Gasteiger partial charge on any atom is 0.223 e. The summed E-state index contributed by atoms with van der Waals surface area (Å²) in [6.07, 6.45) is 6.23. The minimum atomic E-state index is -0.291. The van der Waals surface area contributed by atoms with Gasteiger partial charge in [-0.3, -0.25) is 9.59 Å². The molecule has 3 aliphatic rings. The lowest BCUT2D eigenvalue weighted by Crippen LogP contribution is -2.30. The molecule has 0 aromatic rings. The molecule has 2 fully saturated rings. The van der Waals surface area contributed by atoms with Crippen molar-refractivity contribution in [3.8, 4) is 0 Å². The maximum absolute atomic E-state index is 11.7. The van der Waals surface area contributed by atoms with Crippen molar-refractivity contribution < 1.29 is 9.59 Å². The zero-order valence-corrected chi connectivity index (χ0v) is 7.99. The molecule has 3 nitrogen and oxygen atoms in total. The standard InChI is InChI=1S/C11H11NO2/c1-7(13)12-6-8-5-11(8)9(12)3-2-4-10(11)14/h2-4,8H,5-6H2,1H3. The lowest BCUT2D eigenvalue weighted by Gasteiger charge is -2.23. The SMILES string of the molecule is CC(=O)N1CC2CC23C(=O)C=CC=C13. The van der Waals surface area contributed by atoms with Crippen molar-refractivity contribution in [1.82, 2.24) is 4.90 Å². The van der Waals surface area contributed by atoms with Gasteiger partial charge in [0, 0.05) is 19.2 Å². The first-order chi connectivity index (χ1) is 6.66. The lowest BCUT2D eigenvalue weighted by atomic mass is 9.91. The summed E-state index contributed by atoms with van der Waals surface area (Å²) in [6.45, 7) is 2.29. The van der Waals surface area contributed by atoms with Crippen LogP contribution in [0.4, 0.5) is 0 Å². The topological polar surface area (TPSA) is 37.4 Å². The average Bonchev–Trinajstić information content (AvgIpc) is 2.75. The van der Waals surface area contributed by atoms with Crippen LogP contribution in [0.3, 0.4) is 0 Å². The molecule has 2 aliphatic carbocycles. The normalized spacial score (nSPS) is 37.8. The Hall–Kier alpha value is -1.38. The number of ketones is 1. The van der Waals surface area contributed by atoms with Crippen LogP contribution in [0.5, 0.6) is 0 Å². The molecular weight excluding hydrogens is 178 g/mol. The van der Waals surface area contributed by atoms with E-state index in [0.717, 1.165) is 18.7 Å². The van der Waals surface area contributed by atoms with Crippen molar-refractivity contribution in [1.29, 1.82) is 0 Å². The van der Waals surface area contributed by atoms with Crippen LogP contribution < -0.4 is 0 Å². The number of carbonyl (C=O) groups is 2. The number of rotatable bonds is 0. The third-order valence-electron chi connectivity index (χ3n) is 3.58. The zero-order chi connectivity index (χ0) is 9.92. The summed E-state index contributed by atoms with van der Waals surface area (Å²) in [6, 6.07) is 0. The van der Waals surface area contributed by atoms with E-state index in [-0.39, 0.29) is 17.1 Å². The van der Waals surface area contributed by atoms with E-state index in [0.29, 0.717) is 5.92 Å². The predicted octanol–water partition coefficient (Wildman–Crippen LogP) is 0.878. The molecule has 3 heteroatoms. The van der Waals surface area contributed by atoms with Crippen molar-refractivity contribution in [2.45, 2.75) is 13.3 Å².